The molecule has 0 fully saturated rings. The Kier molecular flexibility index (Phi) is 2.22. The SMILES string of the molecule is CC1=C(C)S(=S=O)c2ccccc21. The van der Waals surface area contributed by atoms with Gasteiger partial charge in [0.1, 0.15) is 10.2 Å². The fourth-order valence-corrected chi connectivity index (χ4v) is 4.37. The number of hydrogen-bond acceptors (Lipinski definition) is 1. The molecule has 1 atom stereocenters. The number of hydrogen-bond donors (Lipinski definition) is 0. The molecule has 0 aromatic heterocycles. The summed E-state index contributed by atoms with van der Waals surface area (Å²) in [6, 6.07) is 8.18. The van der Waals surface area contributed by atoms with Gasteiger partial charge in [0, 0.05) is 4.90 Å². The first-order valence-electron chi connectivity index (χ1n) is 4.07. The summed E-state index contributed by atoms with van der Waals surface area (Å²) >= 11 is 0. The van der Waals surface area contributed by atoms with E-state index in [1.54, 1.807) is 0 Å². The molecule has 0 amide bonds. The Hall–Kier alpha value is -0.670. The van der Waals surface area contributed by atoms with Gasteiger partial charge in [-0.3, -0.25) is 0 Å². The van der Waals surface area contributed by atoms with Gasteiger partial charge in [-0.15, -0.1) is 0 Å². The predicted molar refractivity (Wildman–Crippen MR) is 58.5 cm³/mol. The molecule has 3 heteroatoms. The molecule has 1 aromatic rings. The first-order chi connectivity index (χ1) is 6.25. The van der Waals surface area contributed by atoms with Gasteiger partial charge in [-0.25, -0.2) is 4.21 Å². The van der Waals surface area contributed by atoms with Crippen molar-refractivity contribution in [2.24, 2.45) is 0 Å². The molecule has 1 unspecified atom stereocenters. The van der Waals surface area contributed by atoms with Crippen molar-refractivity contribution in [3.8, 4) is 0 Å². The Bertz CT molecular complexity index is 454. The van der Waals surface area contributed by atoms with Crippen LogP contribution in [0.1, 0.15) is 19.4 Å². The fourth-order valence-electron chi connectivity index (χ4n) is 1.52. The van der Waals surface area contributed by atoms with Crippen molar-refractivity contribution in [1.82, 2.24) is 0 Å². The van der Waals surface area contributed by atoms with Gasteiger partial charge in [0.25, 0.3) is 0 Å². The molecule has 13 heavy (non-hydrogen) atoms. The van der Waals surface area contributed by atoms with E-state index in [-0.39, 0.29) is 9.45 Å². The van der Waals surface area contributed by atoms with Crippen molar-refractivity contribution in [2.45, 2.75) is 18.7 Å². The van der Waals surface area contributed by atoms with Crippen molar-refractivity contribution in [2.75, 3.05) is 0 Å². The highest BCUT2D eigenvalue weighted by molar-refractivity contribution is 8.33. The normalized spacial score (nSPS) is 20.3. The third-order valence-corrected chi connectivity index (χ3v) is 5.82. The van der Waals surface area contributed by atoms with Crippen molar-refractivity contribution in [3.63, 3.8) is 0 Å². The standard InChI is InChI=1S/C10H10OS2/c1-7-8(2)13(12-11)10-6-4-3-5-9(7)10/h3-6H,1-2H3. The average Bonchev–Trinajstić information content (AvgIpc) is 2.41. The first kappa shape index (κ1) is 8.91. The molecule has 1 heterocycles. The van der Waals surface area contributed by atoms with Gasteiger partial charge >= 0.3 is 0 Å². The predicted octanol–water partition coefficient (Wildman–Crippen LogP) is 2.56. The van der Waals surface area contributed by atoms with E-state index in [2.05, 4.69) is 26.0 Å². The van der Waals surface area contributed by atoms with Gasteiger partial charge in [-0.05, 0) is 45.4 Å². The molecule has 1 nitrogen and oxygen atoms in total. The van der Waals surface area contributed by atoms with E-state index < -0.39 is 0 Å². The van der Waals surface area contributed by atoms with Gasteiger partial charge in [0.2, 0.25) is 0 Å². The van der Waals surface area contributed by atoms with Crippen molar-refractivity contribution in [3.05, 3.63) is 34.7 Å². The van der Waals surface area contributed by atoms with E-state index in [4.69, 9.17) is 0 Å². The number of benzene rings is 1. The number of fused-ring (bicyclic) bond motifs is 1. The highest BCUT2D eigenvalue weighted by Crippen LogP contribution is 2.35. The summed E-state index contributed by atoms with van der Waals surface area (Å²) in [6.07, 6.45) is 0. The maximum atomic E-state index is 10.9. The lowest BCUT2D eigenvalue weighted by Crippen LogP contribution is -1.85. The lowest BCUT2D eigenvalue weighted by Gasteiger charge is -1.98. The summed E-state index contributed by atoms with van der Waals surface area (Å²) in [6.45, 7) is 4.15. The molecule has 2 rings (SSSR count). The zero-order chi connectivity index (χ0) is 9.42. The third-order valence-electron chi connectivity index (χ3n) is 2.37. The summed E-state index contributed by atoms with van der Waals surface area (Å²) in [5, 5.41) is 0. The molecule has 0 N–H and O–H groups in total. The Morgan fingerprint density at radius 1 is 1.23 bits per heavy atom. The molecule has 0 bridgehead atoms. The van der Waals surface area contributed by atoms with Crippen LogP contribution in [0.2, 0.25) is 0 Å². The van der Waals surface area contributed by atoms with E-state index in [1.165, 1.54) is 20.9 Å². The second-order valence-corrected chi connectivity index (χ2v) is 6.15. The van der Waals surface area contributed by atoms with Crippen molar-refractivity contribution < 1.29 is 4.21 Å². The molecule has 1 aliphatic rings. The van der Waals surface area contributed by atoms with Crippen LogP contribution in [0.25, 0.3) is 5.57 Å². The summed E-state index contributed by atoms with van der Waals surface area (Å²) < 4.78 is 10.9. The van der Waals surface area contributed by atoms with Gasteiger partial charge in [0.15, 0.2) is 0 Å². The Labute approximate surface area is 83.1 Å². The molecule has 1 aliphatic heterocycles. The highest BCUT2D eigenvalue weighted by Gasteiger charge is 2.19. The maximum absolute atomic E-state index is 10.9. The quantitative estimate of drug-likeness (QED) is 0.643. The summed E-state index contributed by atoms with van der Waals surface area (Å²) in [7, 11) is 0.464. The number of allylic oxidation sites excluding steroid dienone is 2. The molecule has 0 aliphatic carbocycles. The second kappa shape index (κ2) is 3.24. The van der Waals surface area contributed by atoms with E-state index in [1.807, 2.05) is 12.1 Å². The van der Waals surface area contributed by atoms with E-state index >= 15 is 0 Å². The molecule has 0 saturated carbocycles. The average molecular weight is 210 g/mol. The minimum atomic E-state index is -0.243. The monoisotopic (exact) mass is 210 g/mol. The van der Waals surface area contributed by atoms with Crippen molar-refractivity contribution in [1.29, 1.82) is 0 Å². The van der Waals surface area contributed by atoms with Gasteiger partial charge in [-0.2, -0.15) is 0 Å². The minimum Gasteiger partial charge on any atom is -0.205 e. The lowest BCUT2D eigenvalue weighted by molar-refractivity contribution is 0.701. The Balaban J connectivity index is 2.80. The van der Waals surface area contributed by atoms with Crippen LogP contribution in [0.3, 0.4) is 0 Å². The highest BCUT2D eigenvalue weighted by atomic mass is 32.8. The van der Waals surface area contributed by atoms with Crippen LogP contribution in [0.15, 0.2) is 34.1 Å². The Morgan fingerprint density at radius 2 is 1.92 bits per heavy atom. The van der Waals surface area contributed by atoms with Crippen LogP contribution >= 0.6 is 0 Å². The Morgan fingerprint density at radius 3 is 2.62 bits per heavy atom. The molecule has 1 aromatic carbocycles. The third kappa shape index (κ3) is 1.23. The molecule has 0 spiro atoms. The number of rotatable bonds is 0. The molecular weight excluding hydrogens is 200 g/mol. The largest absolute Gasteiger partial charge is 0.205 e. The topological polar surface area (TPSA) is 17.1 Å². The zero-order valence-electron chi connectivity index (χ0n) is 7.53. The lowest BCUT2D eigenvalue weighted by atomic mass is 10.1. The van der Waals surface area contributed by atoms with Crippen molar-refractivity contribution >= 4 is 25.3 Å². The summed E-state index contributed by atoms with van der Waals surface area (Å²) in [5.74, 6) is 0. The van der Waals surface area contributed by atoms with E-state index in [9.17, 15) is 4.21 Å². The zero-order valence-corrected chi connectivity index (χ0v) is 9.17. The summed E-state index contributed by atoms with van der Waals surface area (Å²) in [4.78, 5) is 2.44. The van der Waals surface area contributed by atoms with Crippen LogP contribution in [-0.4, -0.2) is 4.21 Å². The molecular formula is C10H10OS2. The van der Waals surface area contributed by atoms with Crippen LogP contribution in [-0.2, 0) is 19.7 Å². The summed E-state index contributed by atoms with van der Waals surface area (Å²) in [5.41, 5.74) is 2.54. The van der Waals surface area contributed by atoms with Crippen LogP contribution in [0, 0.1) is 0 Å². The van der Waals surface area contributed by atoms with Gasteiger partial charge in [0.05, 0.1) is 0 Å². The van der Waals surface area contributed by atoms with Crippen LogP contribution < -0.4 is 0 Å². The van der Waals surface area contributed by atoms with Gasteiger partial charge < -0.3 is 0 Å². The first-order valence-corrected chi connectivity index (χ1v) is 6.55. The maximum Gasteiger partial charge on any atom is 0.130 e. The smallest absolute Gasteiger partial charge is 0.130 e. The minimum absolute atomic E-state index is 0.243. The van der Waals surface area contributed by atoms with Crippen LogP contribution in [0.4, 0.5) is 0 Å². The molecule has 0 radical (unpaired) electrons. The van der Waals surface area contributed by atoms with E-state index in [0.717, 1.165) is 0 Å². The second-order valence-electron chi connectivity index (χ2n) is 3.01. The molecule has 68 valence electrons. The molecule has 0 saturated heterocycles. The fraction of sp³-hybridized carbons (Fsp3) is 0.200. The van der Waals surface area contributed by atoms with Gasteiger partial charge in [-0.1, -0.05) is 18.2 Å². The van der Waals surface area contributed by atoms with Crippen LogP contribution in [0.5, 0.6) is 0 Å². The van der Waals surface area contributed by atoms with E-state index in [0.29, 0.717) is 10.2 Å².